The Balaban J connectivity index is 1.69. The SMILES string of the molecule is C=CCc1ccc(OCC(O)CN2C(=O)NC(CC)(c3cccc(Cl)c3)C2=O)c(OC)c1. The standard InChI is InChI=1S/C24H27ClN2O5/c1-4-7-16-10-11-20(21(12-16)31-3)32-15-19(28)14-27-22(29)24(5-2,26-23(27)30)17-8-6-9-18(25)13-17/h4,6,8-13,19,28H,1,5,7,14-15H2,2-3H3,(H,26,30). The summed E-state index contributed by atoms with van der Waals surface area (Å²) in [7, 11) is 1.53. The summed E-state index contributed by atoms with van der Waals surface area (Å²) in [4.78, 5) is 26.8. The molecule has 7 nitrogen and oxygen atoms in total. The highest BCUT2D eigenvalue weighted by atomic mass is 35.5. The van der Waals surface area contributed by atoms with E-state index < -0.39 is 23.6 Å². The van der Waals surface area contributed by atoms with E-state index in [1.807, 2.05) is 19.1 Å². The Bertz CT molecular complexity index is 1010. The molecule has 170 valence electrons. The Morgan fingerprint density at radius 1 is 1.25 bits per heavy atom. The van der Waals surface area contributed by atoms with E-state index in [9.17, 15) is 14.7 Å². The van der Waals surface area contributed by atoms with Crippen molar-refractivity contribution in [3.63, 3.8) is 0 Å². The van der Waals surface area contributed by atoms with Crippen molar-refractivity contribution in [2.75, 3.05) is 20.3 Å². The van der Waals surface area contributed by atoms with Crippen molar-refractivity contribution in [2.24, 2.45) is 0 Å². The van der Waals surface area contributed by atoms with Crippen LogP contribution in [0, 0.1) is 0 Å². The maximum Gasteiger partial charge on any atom is 0.325 e. The number of nitrogens with one attached hydrogen (secondary N) is 1. The van der Waals surface area contributed by atoms with Crippen LogP contribution in [0.4, 0.5) is 4.79 Å². The van der Waals surface area contributed by atoms with Gasteiger partial charge in [0.05, 0.1) is 13.7 Å². The van der Waals surface area contributed by atoms with Crippen LogP contribution in [0.2, 0.25) is 5.02 Å². The lowest BCUT2D eigenvalue weighted by atomic mass is 9.87. The number of carbonyl (C=O) groups is 2. The third-order valence-electron chi connectivity index (χ3n) is 5.46. The number of halogens is 1. The molecule has 0 bridgehead atoms. The highest BCUT2D eigenvalue weighted by Gasteiger charge is 2.51. The molecule has 2 unspecified atom stereocenters. The van der Waals surface area contributed by atoms with Crippen LogP contribution in [0.1, 0.15) is 24.5 Å². The number of hydrogen-bond acceptors (Lipinski definition) is 5. The average Bonchev–Trinajstić information content (AvgIpc) is 3.03. The number of benzene rings is 2. The summed E-state index contributed by atoms with van der Waals surface area (Å²) in [6, 6.07) is 11.7. The summed E-state index contributed by atoms with van der Waals surface area (Å²) < 4.78 is 11.0. The highest BCUT2D eigenvalue weighted by molar-refractivity contribution is 6.30. The molecule has 32 heavy (non-hydrogen) atoms. The summed E-state index contributed by atoms with van der Waals surface area (Å²) in [5.74, 6) is 0.550. The van der Waals surface area contributed by atoms with Crippen molar-refractivity contribution in [3.05, 3.63) is 71.3 Å². The quantitative estimate of drug-likeness (QED) is 0.419. The molecule has 1 aliphatic heterocycles. The number of ether oxygens (including phenoxy) is 2. The minimum atomic E-state index is -1.22. The number of carbonyl (C=O) groups excluding carboxylic acids is 2. The fraction of sp³-hybridized carbons (Fsp3) is 0.333. The molecule has 2 aromatic rings. The first-order valence-corrected chi connectivity index (χ1v) is 10.7. The van der Waals surface area contributed by atoms with Gasteiger partial charge in [-0.3, -0.25) is 9.69 Å². The maximum absolute atomic E-state index is 13.2. The van der Waals surface area contributed by atoms with Crippen LogP contribution in [0.3, 0.4) is 0 Å². The zero-order valence-electron chi connectivity index (χ0n) is 18.1. The lowest BCUT2D eigenvalue weighted by Gasteiger charge is -2.26. The second-order valence-corrected chi connectivity index (χ2v) is 7.99. The molecule has 2 N–H and O–H groups in total. The molecule has 2 atom stereocenters. The molecule has 3 amide bonds. The van der Waals surface area contributed by atoms with Crippen molar-refractivity contribution in [3.8, 4) is 11.5 Å². The first kappa shape index (κ1) is 23.6. The summed E-state index contributed by atoms with van der Waals surface area (Å²) in [6.45, 7) is 5.20. The normalized spacial score (nSPS) is 18.9. The fourth-order valence-electron chi connectivity index (χ4n) is 3.76. The number of urea groups is 1. The van der Waals surface area contributed by atoms with E-state index in [1.165, 1.54) is 7.11 Å². The molecule has 8 heteroatoms. The lowest BCUT2D eigenvalue weighted by molar-refractivity contribution is -0.132. The van der Waals surface area contributed by atoms with Crippen molar-refractivity contribution in [1.82, 2.24) is 10.2 Å². The maximum atomic E-state index is 13.2. The molecule has 2 aromatic carbocycles. The minimum absolute atomic E-state index is 0.121. The van der Waals surface area contributed by atoms with Gasteiger partial charge >= 0.3 is 6.03 Å². The monoisotopic (exact) mass is 458 g/mol. The summed E-state index contributed by atoms with van der Waals surface area (Å²) in [5.41, 5.74) is 0.400. The van der Waals surface area contributed by atoms with Gasteiger partial charge in [0.25, 0.3) is 5.91 Å². The Morgan fingerprint density at radius 3 is 2.69 bits per heavy atom. The number of allylic oxidation sites excluding steroid dienone is 1. The number of aliphatic hydroxyl groups excluding tert-OH is 1. The Kier molecular flexibility index (Phi) is 7.43. The molecule has 0 aliphatic carbocycles. The van der Waals surface area contributed by atoms with E-state index in [-0.39, 0.29) is 13.2 Å². The van der Waals surface area contributed by atoms with Gasteiger partial charge < -0.3 is 19.9 Å². The molecular formula is C24H27ClN2O5. The van der Waals surface area contributed by atoms with Crippen LogP contribution < -0.4 is 14.8 Å². The fourth-order valence-corrected chi connectivity index (χ4v) is 3.95. The average molecular weight is 459 g/mol. The van der Waals surface area contributed by atoms with Gasteiger partial charge in [0.15, 0.2) is 11.5 Å². The van der Waals surface area contributed by atoms with E-state index in [2.05, 4.69) is 11.9 Å². The van der Waals surface area contributed by atoms with Gasteiger partial charge in [-0.1, -0.05) is 42.8 Å². The van der Waals surface area contributed by atoms with E-state index in [4.69, 9.17) is 21.1 Å². The van der Waals surface area contributed by atoms with Crippen molar-refractivity contribution in [2.45, 2.75) is 31.4 Å². The van der Waals surface area contributed by atoms with E-state index in [1.54, 1.807) is 36.4 Å². The van der Waals surface area contributed by atoms with Gasteiger partial charge in [-0.15, -0.1) is 6.58 Å². The number of methoxy groups -OCH3 is 1. The lowest BCUT2D eigenvalue weighted by Crippen LogP contribution is -2.44. The van der Waals surface area contributed by atoms with Gasteiger partial charge in [-0.25, -0.2) is 4.79 Å². The second-order valence-electron chi connectivity index (χ2n) is 7.56. The molecule has 1 heterocycles. The smallest absolute Gasteiger partial charge is 0.325 e. The molecule has 1 aliphatic rings. The van der Waals surface area contributed by atoms with Crippen LogP contribution in [-0.2, 0) is 16.8 Å². The number of nitrogens with zero attached hydrogens (tertiary/aromatic N) is 1. The molecule has 0 saturated carbocycles. The first-order valence-electron chi connectivity index (χ1n) is 10.3. The Hall–Kier alpha value is -3.03. The van der Waals surface area contributed by atoms with Gasteiger partial charge in [0, 0.05) is 5.02 Å². The predicted molar refractivity (Wildman–Crippen MR) is 122 cm³/mol. The van der Waals surface area contributed by atoms with Crippen molar-refractivity contribution in [1.29, 1.82) is 0 Å². The van der Waals surface area contributed by atoms with Crippen molar-refractivity contribution >= 4 is 23.5 Å². The van der Waals surface area contributed by atoms with Crippen molar-refractivity contribution < 1.29 is 24.2 Å². The highest BCUT2D eigenvalue weighted by Crippen LogP contribution is 2.34. The van der Waals surface area contributed by atoms with Crippen LogP contribution in [0.25, 0.3) is 0 Å². The molecule has 0 radical (unpaired) electrons. The molecular weight excluding hydrogens is 432 g/mol. The third-order valence-corrected chi connectivity index (χ3v) is 5.69. The van der Waals surface area contributed by atoms with E-state index in [0.717, 1.165) is 10.5 Å². The Morgan fingerprint density at radius 2 is 2.03 bits per heavy atom. The summed E-state index contributed by atoms with van der Waals surface area (Å²) >= 11 is 6.09. The van der Waals surface area contributed by atoms with Crippen LogP contribution in [-0.4, -0.2) is 48.3 Å². The van der Waals surface area contributed by atoms with E-state index in [0.29, 0.717) is 34.9 Å². The van der Waals surface area contributed by atoms with Crippen LogP contribution >= 0.6 is 11.6 Å². The van der Waals surface area contributed by atoms with Gasteiger partial charge in [0.2, 0.25) is 0 Å². The van der Waals surface area contributed by atoms with Crippen LogP contribution in [0.5, 0.6) is 11.5 Å². The molecule has 1 fully saturated rings. The van der Waals surface area contributed by atoms with E-state index >= 15 is 0 Å². The zero-order valence-corrected chi connectivity index (χ0v) is 18.9. The number of amides is 3. The van der Waals surface area contributed by atoms with Crippen LogP contribution in [0.15, 0.2) is 55.1 Å². The number of imide groups is 1. The molecule has 3 rings (SSSR count). The predicted octanol–water partition coefficient (Wildman–Crippen LogP) is 3.67. The largest absolute Gasteiger partial charge is 0.493 e. The molecule has 0 aromatic heterocycles. The number of aliphatic hydroxyl groups is 1. The first-order chi connectivity index (χ1) is 15.3. The summed E-state index contributed by atoms with van der Waals surface area (Å²) in [6.07, 6.45) is 1.73. The zero-order chi connectivity index (χ0) is 23.3. The summed E-state index contributed by atoms with van der Waals surface area (Å²) in [5, 5.41) is 13.7. The van der Waals surface area contributed by atoms with Gasteiger partial charge in [0.1, 0.15) is 18.2 Å². The van der Waals surface area contributed by atoms with Gasteiger partial charge in [-0.05, 0) is 48.2 Å². The number of hydrogen-bond donors (Lipinski definition) is 2. The third kappa shape index (κ3) is 4.74. The van der Waals surface area contributed by atoms with Gasteiger partial charge in [-0.2, -0.15) is 0 Å². The molecule has 1 saturated heterocycles. The second kappa shape index (κ2) is 10.1. The Labute approximate surface area is 192 Å². The minimum Gasteiger partial charge on any atom is -0.493 e. The number of β-amino-alcohol motifs (C(OH)–C–C–N with tert-alkyl or cyclic N) is 1. The number of rotatable bonds is 10. The topological polar surface area (TPSA) is 88.1 Å². The molecule has 0 spiro atoms.